The zero-order valence-electron chi connectivity index (χ0n) is 14.7. The normalized spacial score (nSPS) is 23.2. The zero-order chi connectivity index (χ0) is 16.8. The lowest BCUT2D eigenvalue weighted by atomic mass is 10.1. The fourth-order valence-corrected chi connectivity index (χ4v) is 4.05. The van der Waals surface area contributed by atoms with Gasteiger partial charge in [-0.15, -0.1) is 0 Å². The van der Waals surface area contributed by atoms with Crippen LogP contribution in [0.1, 0.15) is 50.5 Å². The molecule has 25 heavy (non-hydrogen) atoms. The molecule has 0 spiro atoms. The molecule has 2 aliphatic rings. The first-order valence-electron chi connectivity index (χ1n) is 9.49. The topological polar surface area (TPSA) is 42.2 Å². The maximum Gasteiger partial charge on any atom is 0.137 e. The quantitative estimate of drug-likeness (QED) is 0.741. The summed E-state index contributed by atoms with van der Waals surface area (Å²) in [5, 5.41) is 3.64. The molecule has 5 rings (SSSR count). The Kier molecular flexibility index (Phi) is 3.51. The molecule has 2 saturated carbocycles. The van der Waals surface area contributed by atoms with Gasteiger partial charge in [0.2, 0.25) is 0 Å². The van der Waals surface area contributed by atoms with Crippen LogP contribution in [0.25, 0.3) is 17.0 Å². The first kappa shape index (κ1) is 14.9. The average molecular weight is 332 g/mol. The number of fused-ring (bicyclic) bond motifs is 1. The summed E-state index contributed by atoms with van der Waals surface area (Å²) in [5.41, 5.74) is 4.46. The van der Waals surface area contributed by atoms with E-state index in [0.717, 1.165) is 34.7 Å². The summed E-state index contributed by atoms with van der Waals surface area (Å²) in [5.74, 6) is 2.44. The van der Waals surface area contributed by atoms with Crippen LogP contribution >= 0.6 is 0 Å². The fraction of sp³-hybridized carbons (Fsp3) is 0.429. The highest BCUT2D eigenvalue weighted by Gasteiger charge is 2.25. The Morgan fingerprint density at radius 2 is 2.00 bits per heavy atom. The number of nitrogens with zero attached hydrogens (tertiary/aromatic N) is 3. The highest BCUT2D eigenvalue weighted by molar-refractivity contribution is 5.62. The molecule has 4 nitrogen and oxygen atoms in total. The summed E-state index contributed by atoms with van der Waals surface area (Å²) in [6, 6.07) is 11.1. The van der Waals surface area contributed by atoms with Gasteiger partial charge in [0.15, 0.2) is 0 Å². The third kappa shape index (κ3) is 2.80. The molecule has 0 aromatic carbocycles. The molecular weight excluding hydrogens is 308 g/mol. The van der Waals surface area contributed by atoms with Crippen molar-refractivity contribution in [2.45, 2.75) is 51.0 Å². The van der Waals surface area contributed by atoms with Crippen molar-refractivity contribution in [3.8, 4) is 11.4 Å². The van der Waals surface area contributed by atoms with Crippen LogP contribution in [-0.2, 0) is 0 Å². The van der Waals surface area contributed by atoms with E-state index in [1.807, 2.05) is 6.20 Å². The van der Waals surface area contributed by atoms with Gasteiger partial charge in [0.1, 0.15) is 11.5 Å². The van der Waals surface area contributed by atoms with Crippen molar-refractivity contribution in [2.24, 2.45) is 5.92 Å². The molecule has 4 heteroatoms. The van der Waals surface area contributed by atoms with E-state index in [2.05, 4.69) is 58.2 Å². The smallest absolute Gasteiger partial charge is 0.137 e. The van der Waals surface area contributed by atoms with Crippen LogP contribution in [0.3, 0.4) is 0 Å². The van der Waals surface area contributed by atoms with Gasteiger partial charge in [-0.2, -0.15) is 0 Å². The molecule has 3 aromatic rings. The molecule has 0 saturated heterocycles. The molecule has 2 atom stereocenters. The molecule has 0 aliphatic heterocycles. The molecule has 3 heterocycles. The lowest BCUT2D eigenvalue weighted by molar-refractivity contribution is 0.555. The Morgan fingerprint density at radius 3 is 2.80 bits per heavy atom. The van der Waals surface area contributed by atoms with Crippen molar-refractivity contribution >= 4 is 11.5 Å². The van der Waals surface area contributed by atoms with Crippen LogP contribution in [0.15, 0.2) is 42.7 Å². The number of imidazole rings is 1. The van der Waals surface area contributed by atoms with Gasteiger partial charge in [0, 0.05) is 12.2 Å². The summed E-state index contributed by atoms with van der Waals surface area (Å²) in [4.78, 5) is 9.44. The number of hydrogen-bond acceptors (Lipinski definition) is 3. The van der Waals surface area contributed by atoms with E-state index >= 15 is 0 Å². The second-order valence-electron chi connectivity index (χ2n) is 7.68. The molecule has 0 bridgehead atoms. The van der Waals surface area contributed by atoms with Crippen molar-refractivity contribution < 1.29 is 0 Å². The molecule has 2 aliphatic carbocycles. The highest BCUT2D eigenvalue weighted by atomic mass is 15.1. The standard InChI is InChI=1S/C21H24N4/c1-14-4-2-5-17(14)23-20-7-3-6-18(24-20)19-12-22-21-11-10-16(13-25(19)21)15-8-9-15/h3,6-7,10-15,17H,2,4-5,8-9H2,1H3,(H,23,24)/t14-,17-/m0/s1. The third-order valence-electron chi connectivity index (χ3n) is 5.78. The van der Waals surface area contributed by atoms with Gasteiger partial charge < -0.3 is 5.32 Å². The molecule has 128 valence electrons. The van der Waals surface area contributed by atoms with Crippen molar-refractivity contribution in [1.82, 2.24) is 14.4 Å². The average Bonchev–Trinajstić information content (AvgIpc) is 3.28. The Balaban J connectivity index is 1.49. The second-order valence-corrected chi connectivity index (χ2v) is 7.68. The monoisotopic (exact) mass is 332 g/mol. The van der Waals surface area contributed by atoms with Crippen molar-refractivity contribution in [2.75, 3.05) is 5.32 Å². The largest absolute Gasteiger partial charge is 0.367 e. The van der Waals surface area contributed by atoms with Crippen LogP contribution in [0.4, 0.5) is 5.82 Å². The molecule has 2 fully saturated rings. The van der Waals surface area contributed by atoms with Gasteiger partial charge in [0.25, 0.3) is 0 Å². The zero-order valence-corrected chi connectivity index (χ0v) is 14.7. The van der Waals surface area contributed by atoms with Gasteiger partial charge in [-0.25, -0.2) is 9.97 Å². The molecule has 3 aromatic heterocycles. The van der Waals surface area contributed by atoms with E-state index in [-0.39, 0.29) is 0 Å². The van der Waals surface area contributed by atoms with Gasteiger partial charge in [-0.1, -0.05) is 25.5 Å². The third-order valence-corrected chi connectivity index (χ3v) is 5.78. The number of aromatic nitrogens is 3. The second kappa shape index (κ2) is 5.87. The minimum absolute atomic E-state index is 0.548. The lowest BCUT2D eigenvalue weighted by Crippen LogP contribution is -2.22. The van der Waals surface area contributed by atoms with Crippen LogP contribution in [0.5, 0.6) is 0 Å². The molecule has 1 N–H and O–H groups in total. The van der Waals surface area contributed by atoms with E-state index < -0.39 is 0 Å². The minimum atomic E-state index is 0.548. The molecule has 0 radical (unpaired) electrons. The summed E-state index contributed by atoms with van der Waals surface area (Å²) in [7, 11) is 0. The Bertz CT molecular complexity index is 909. The summed E-state index contributed by atoms with van der Waals surface area (Å²) >= 11 is 0. The van der Waals surface area contributed by atoms with E-state index in [9.17, 15) is 0 Å². The number of nitrogens with one attached hydrogen (secondary N) is 1. The van der Waals surface area contributed by atoms with Crippen LogP contribution in [0, 0.1) is 5.92 Å². The van der Waals surface area contributed by atoms with E-state index in [1.54, 1.807) is 0 Å². The van der Waals surface area contributed by atoms with E-state index in [0.29, 0.717) is 6.04 Å². The van der Waals surface area contributed by atoms with Crippen molar-refractivity contribution in [3.63, 3.8) is 0 Å². The van der Waals surface area contributed by atoms with Gasteiger partial charge in [-0.3, -0.25) is 4.40 Å². The van der Waals surface area contributed by atoms with Gasteiger partial charge >= 0.3 is 0 Å². The van der Waals surface area contributed by atoms with Crippen molar-refractivity contribution in [1.29, 1.82) is 0 Å². The number of pyridine rings is 2. The Labute approximate surface area is 148 Å². The van der Waals surface area contributed by atoms with Gasteiger partial charge in [-0.05, 0) is 61.3 Å². The molecular formula is C21H24N4. The molecule has 0 unspecified atom stereocenters. The van der Waals surface area contributed by atoms with Crippen molar-refractivity contribution in [3.05, 3.63) is 48.3 Å². The Hall–Kier alpha value is -2.36. The lowest BCUT2D eigenvalue weighted by Gasteiger charge is -2.18. The number of anilines is 1. The first-order valence-corrected chi connectivity index (χ1v) is 9.49. The maximum atomic E-state index is 4.88. The number of hydrogen-bond donors (Lipinski definition) is 1. The number of rotatable bonds is 4. The minimum Gasteiger partial charge on any atom is -0.367 e. The van der Waals surface area contributed by atoms with Crippen LogP contribution in [0.2, 0.25) is 0 Å². The summed E-state index contributed by atoms with van der Waals surface area (Å²) in [6.07, 6.45) is 10.7. The predicted octanol–water partition coefficient (Wildman–Crippen LogP) is 4.87. The Morgan fingerprint density at radius 1 is 1.08 bits per heavy atom. The predicted molar refractivity (Wildman–Crippen MR) is 101 cm³/mol. The van der Waals surface area contributed by atoms with Gasteiger partial charge in [0.05, 0.1) is 17.6 Å². The van der Waals surface area contributed by atoms with Crippen LogP contribution in [-0.4, -0.2) is 20.4 Å². The fourth-order valence-electron chi connectivity index (χ4n) is 4.05. The highest BCUT2D eigenvalue weighted by Crippen LogP contribution is 2.40. The van der Waals surface area contributed by atoms with E-state index in [1.165, 1.54) is 37.7 Å². The summed E-state index contributed by atoms with van der Waals surface area (Å²) in [6.45, 7) is 2.33. The first-order chi connectivity index (χ1) is 12.3. The van der Waals surface area contributed by atoms with Crippen LogP contribution < -0.4 is 5.32 Å². The molecule has 0 amide bonds. The SMILES string of the molecule is C[C@H]1CCC[C@@H]1Nc1cccc(-c2cnc3ccc(C4CC4)cn23)n1. The summed E-state index contributed by atoms with van der Waals surface area (Å²) < 4.78 is 2.19. The maximum absolute atomic E-state index is 4.88. The van der Waals surface area contributed by atoms with E-state index in [4.69, 9.17) is 4.98 Å².